The van der Waals surface area contributed by atoms with Crippen molar-refractivity contribution in [2.75, 3.05) is 18.0 Å². The average Bonchev–Trinajstić information content (AvgIpc) is 2.84. The third-order valence-electron chi connectivity index (χ3n) is 3.59. The van der Waals surface area contributed by atoms with Crippen molar-refractivity contribution in [3.63, 3.8) is 0 Å². The van der Waals surface area contributed by atoms with Crippen molar-refractivity contribution in [1.82, 2.24) is 9.55 Å². The normalized spacial score (nSPS) is 22.6. The second-order valence-corrected chi connectivity index (χ2v) is 5.92. The molecule has 1 saturated heterocycles. The van der Waals surface area contributed by atoms with Crippen LogP contribution in [0.15, 0.2) is 17.1 Å². The molecule has 1 aromatic heterocycles. The number of carbonyl (C=O) groups is 3. The Morgan fingerprint density at radius 3 is 2.55 bits per heavy atom. The molecule has 2 rings (SSSR count). The van der Waals surface area contributed by atoms with E-state index in [4.69, 9.17) is 16.3 Å². The monoisotopic (exact) mass is 439 g/mol. The van der Waals surface area contributed by atoms with Crippen molar-refractivity contribution in [3.8, 4) is 0 Å². The molecule has 11 nitrogen and oxygen atoms in total. The van der Waals surface area contributed by atoms with Gasteiger partial charge in [0.25, 0.3) is 0 Å². The van der Waals surface area contributed by atoms with Crippen LogP contribution in [-0.4, -0.2) is 58.4 Å². The Balaban J connectivity index is 2.30. The van der Waals surface area contributed by atoms with E-state index in [1.807, 2.05) is 0 Å². The van der Waals surface area contributed by atoms with Crippen molar-refractivity contribution >= 4 is 35.5 Å². The fourth-order valence-corrected chi connectivity index (χ4v) is 2.58. The van der Waals surface area contributed by atoms with Crippen LogP contribution >= 0.6 is 11.6 Å². The van der Waals surface area contributed by atoms with E-state index in [9.17, 15) is 28.0 Å². The Hall–Kier alpha value is -2.80. The summed E-state index contributed by atoms with van der Waals surface area (Å²) in [5, 5.41) is 2.07. The second-order valence-electron chi connectivity index (χ2n) is 5.70. The van der Waals surface area contributed by atoms with E-state index in [-0.39, 0.29) is 5.82 Å². The molecule has 29 heavy (non-hydrogen) atoms. The molecule has 3 atom stereocenters. The summed E-state index contributed by atoms with van der Waals surface area (Å²) in [4.78, 5) is 49.1. The van der Waals surface area contributed by atoms with Gasteiger partial charge in [-0.05, 0) is 6.07 Å². The summed E-state index contributed by atoms with van der Waals surface area (Å²) in [6, 6.07) is 0.586. The number of carbonyl (C=O) groups excluding carboxylic acids is 3. The van der Waals surface area contributed by atoms with Gasteiger partial charge in [-0.15, -0.1) is 0 Å². The molecule has 1 aromatic rings. The molecule has 3 unspecified atom stereocenters. The van der Waals surface area contributed by atoms with E-state index < -0.39 is 60.8 Å². The zero-order chi connectivity index (χ0) is 21.8. The molecule has 1 amide bonds. The van der Waals surface area contributed by atoms with Gasteiger partial charge in [-0.1, -0.05) is 11.6 Å². The van der Waals surface area contributed by atoms with Crippen molar-refractivity contribution in [1.29, 1.82) is 0 Å². The Morgan fingerprint density at radius 1 is 1.31 bits per heavy atom. The van der Waals surface area contributed by atoms with Crippen molar-refractivity contribution in [2.24, 2.45) is 0 Å². The van der Waals surface area contributed by atoms with Gasteiger partial charge in [0.15, 0.2) is 12.2 Å². The molecular weight excluding hydrogens is 424 g/mol. The molecule has 0 saturated carbocycles. The number of hydrogen-bond acceptors (Lipinski definition) is 9. The first-order valence-corrected chi connectivity index (χ1v) is 8.52. The van der Waals surface area contributed by atoms with Gasteiger partial charge < -0.3 is 18.9 Å². The molecule has 2 heterocycles. The van der Waals surface area contributed by atoms with Crippen molar-refractivity contribution in [3.05, 3.63) is 22.7 Å². The van der Waals surface area contributed by atoms with Gasteiger partial charge in [0.05, 0.1) is 0 Å². The Kier molecular flexibility index (Phi) is 7.08. The standard InChI is InChI=1S/C15H16ClF2N3O8/c1-7(22)26-5-9-11(28-8(2)23)15(17,18)12(29-9)21-4-3-10(19-13(21)24)20-14(25)27-6-16/h3-4,9,11-12H,5-6H2,1-2H3,(H,19,20,24,25). The smallest absolute Gasteiger partial charge is 0.414 e. The fourth-order valence-electron chi connectivity index (χ4n) is 2.48. The van der Waals surface area contributed by atoms with Crippen LogP contribution in [0, 0.1) is 0 Å². The predicted octanol–water partition coefficient (Wildman–Crippen LogP) is 1.02. The minimum atomic E-state index is -3.87. The fraction of sp³-hybridized carbons (Fsp3) is 0.533. The highest BCUT2D eigenvalue weighted by atomic mass is 35.5. The molecule has 1 aliphatic rings. The molecule has 1 fully saturated rings. The Morgan fingerprint density at radius 2 is 2.00 bits per heavy atom. The number of rotatable bonds is 6. The Labute approximate surface area is 166 Å². The van der Waals surface area contributed by atoms with E-state index in [1.54, 1.807) is 0 Å². The van der Waals surface area contributed by atoms with Gasteiger partial charge in [0.2, 0.25) is 6.23 Å². The van der Waals surface area contributed by atoms with E-state index in [0.717, 1.165) is 26.1 Å². The highest BCUT2D eigenvalue weighted by Gasteiger charge is 2.62. The van der Waals surface area contributed by atoms with Crippen LogP contribution in [0.5, 0.6) is 0 Å². The number of halogens is 3. The maximum atomic E-state index is 14.9. The second kappa shape index (κ2) is 9.13. The van der Waals surface area contributed by atoms with Gasteiger partial charge in [-0.3, -0.25) is 19.5 Å². The largest absolute Gasteiger partial charge is 0.463 e. The van der Waals surface area contributed by atoms with Crippen LogP contribution in [-0.2, 0) is 28.5 Å². The third-order valence-corrected chi connectivity index (χ3v) is 3.70. The molecule has 0 spiro atoms. The predicted molar refractivity (Wildman–Crippen MR) is 90.4 cm³/mol. The van der Waals surface area contributed by atoms with Crippen molar-refractivity contribution < 1.29 is 42.1 Å². The van der Waals surface area contributed by atoms with Crippen LogP contribution in [0.25, 0.3) is 0 Å². The van der Waals surface area contributed by atoms with E-state index in [2.05, 4.69) is 24.5 Å². The maximum Gasteiger partial charge on any atom is 0.414 e. The topological polar surface area (TPSA) is 135 Å². The van der Waals surface area contributed by atoms with E-state index in [0.29, 0.717) is 4.57 Å². The summed E-state index contributed by atoms with van der Waals surface area (Å²) >= 11 is 5.21. The number of nitrogens with zero attached hydrogens (tertiary/aromatic N) is 2. The van der Waals surface area contributed by atoms with Gasteiger partial charge >= 0.3 is 29.6 Å². The number of nitrogens with one attached hydrogen (secondary N) is 1. The first-order valence-electron chi connectivity index (χ1n) is 7.99. The van der Waals surface area contributed by atoms with E-state index in [1.165, 1.54) is 0 Å². The SMILES string of the molecule is CC(=O)OCC1OC(n2ccc(NC(=O)OCCl)nc2=O)C(F)(F)C1OC(C)=O. The van der Waals surface area contributed by atoms with Crippen molar-refractivity contribution in [2.45, 2.75) is 38.2 Å². The molecular formula is C15H16ClF2N3O8. The molecule has 0 radical (unpaired) electrons. The molecule has 0 bridgehead atoms. The number of amides is 1. The minimum absolute atomic E-state index is 0.282. The number of anilines is 1. The molecule has 14 heteroatoms. The first kappa shape index (κ1) is 22.5. The third kappa shape index (κ3) is 5.38. The van der Waals surface area contributed by atoms with Crippen LogP contribution < -0.4 is 11.0 Å². The lowest BCUT2D eigenvalue weighted by atomic mass is 10.1. The van der Waals surface area contributed by atoms with Crippen LogP contribution in [0.3, 0.4) is 0 Å². The highest BCUT2D eigenvalue weighted by molar-refractivity contribution is 6.17. The lowest BCUT2D eigenvalue weighted by Gasteiger charge is -2.23. The van der Waals surface area contributed by atoms with Gasteiger partial charge in [-0.2, -0.15) is 13.8 Å². The maximum absolute atomic E-state index is 14.9. The zero-order valence-electron chi connectivity index (χ0n) is 15.1. The summed E-state index contributed by atoms with van der Waals surface area (Å²) in [7, 11) is 0. The van der Waals surface area contributed by atoms with Crippen LogP contribution in [0.2, 0.25) is 0 Å². The summed E-state index contributed by atoms with van der Waals surface area (Å²) < 4.78 is 49.0. The van der Waals surface area contributed by atoms with E-state index >= 15 is 0 Å². The number of ether oxygens (including phenoxy) is 4. The lowest BCUT2D eigenvalue weighted by molar-refractivity contribution is -0.174. The summed E-state index contributed by atoms with van der Waals surface area (Å²) in [6.07, 6.45) is -5.98. The van der Waals surface area contributed by atoms with Crippen LogP contribution in [0.1, 0.15) is 20.1 Å². The van der Waals surface area contributed by atoms with Gasteiger partial charge in [-0.25, -0.2) is 9.59 Å². The summed E-state index contributed by atoms with van der Waals surface area (Å²) in [5.74, 6) is -5.93. The van der Waals surface area contributed by atoms with Gasteiger partial charge in [0.1, 0.15) is 18.5 Å². The Bertz CT molecular complexity index is 849. The average molecular weight is 440 g/mol. The lowest BCUT2D eigenvalue weighted by Crippen LogP contribution is -2.44. The van der Waals surface area contributed by atoms with Gasteiger partial charge in [0, 0.05) is 20.0 Å². The molecule has 160 valence electrons. The zero-order valence-corrected chi connectivity index (χ0v) is 15.9. The van der Waals surface area contributed by atoms with Crippen LogP contribution in [0.4, 0.5) is 19.4 Å². The molecule has 0 aromatic carbocycles. The molecule has 1 N–H and O–H groups in total. The number of esters is 2. The first-order chi connectivity index (χ1) is 13.6. The number of aromatic nitrogens is 2. The molecule has 0 aliphatic carbocycles. The summed E-state index contributed by atoms with van der Waals surface area (Å²) in [6.45, 7) is 1.34. The molecule has 1 aliphatic heterocycles. The minimum Gasteiger partial charge on any atom is -0.463 e. The highest BCUT2D eigenvalue weighted by Crippen LogP contribution is 2.44. The number of alkyl halides is 3. The number of hydrogen-bond donors (Lipinski definition) is 1. The summed E-state index contributed by atoms with van der Waals surface area (Å²) in [5.41, 5.74) is -1.20. The quantitative estimate of drug-likeness (QED) is 0.391.